The molecule has 2 aromatic heterocycles. The van der Waals surface area contributed by atoms with Gasteiger partial charge in [0.05, 0.1) is 28.6 Å². The predicted molar refractivity (Wildman–Crippen MR) is 111 cm³/mol. The third kappa shape index (κ3) is 2.86. The van der Waals surface area contributed by atoms with Gasteiger partial charge in [-0.05, 0) is 50.6 Å². The van der Waals surface area contributed by atoms with Crippen molar-refractivity contribution >= 4 is 50.6 Å². The standard InChI is InChI=1S/C20H20N4O3S/c1-10(2)27-12-5-6-13(11(3)9-12)24-14-7-8-22-19-15(14)16(23-20(24)26)17(28-19)18(25)21-4/h5-10H,1-4H3,(H,21,25)(H,23,26). The topological polar surface area (TPSA) is 83.6 Å². The van der Waals surface area contributed by atoms with Gasteiger partial charge >= 0.3 is 6.03 Å². The highest BCUT2D eigenvalue weighted by molar-refractivity contribution is 7.21. The number of carbonyl (C=O) groups is 2. The average Bonchev–Trinajstić information content (AvgIpc) is 3.02. The van der Waals surface area contributed by atoms with Crippen LogP contribution in [0.15, 0.2) is 30.5 Å². The first-order valence-electron chi connectivity index (χ1n) is 8.92. The van der Waals surface area contributed by atoms with Gasteiger partial charge in [-0.15, -0.1) is 11.3 Å². The highest BCUT2D eigenvalue weighted by Gasteiger charge is 2.33. The molecule has 144 valence electrons. The van der Waals surface area contributed by atoms with Crippen molar-refractivity contribution in [2.75, 3.05) is 17.3 Å². The van der Waals surface area contributed by atoms with E-state index in [1.165, 1.54) is 11.3 Å². The van der Waals surface area contributed by atoms with Crippen molar-refractivity contribution in [2.45, 2.75) is 26.9 Å². The Bertz CT molecular complexity index is 1110. The van der Waals surface area contributed by atoms with Gasteiger partial charge in [-0.2, -0.15) is 0 Å². The maximum atomic E-state index is 13.0. The van der Waals surface area contributed by atoms with E-state index in [4.69, 9.17) is 4.74 Å². The highest BCUT2D eigenvalue weighted by atomic mass is 32.1. The molecular formula is C20H20N4O3S. The summed E-state index contributed by atoms with van der Waals surface area (Å²) in [6.07, 6.45) is 1.72. The number of rotatable bonds is 4. The summed E-state index contributed by atoms with van der Waals surface area (Å²) in [6.45, 7) is 5.88. The van der Waals surface area contributed by atoms with Crippen LogP contribution in [-0.2, 0) is 0 Å². The Hall–Kier alpha value is -3.13. The predicted octanol–water partition coefficient (Wildman–Crippen LogP) is 4.44. The summed E-state index contributed by atoms with van der Waals surface area (Å²) in [5, 5.41) is 6.26. The number of nitrogens with one attached hydrogen (secondary N) is 2. The van der Waals surface area contributed by atoms with Crippen molar-refractivity contribution < 1.29 is 14.3 Å². The summed E-state index contributed by atoms with van der Waals surface area (Å²) in [5.74, 6) is 0.510. The smallest absolute Gasteiger partial charge is 0.331 e. The first-order valence-corrected chi connectivity index (χ1v) is 9.74. The van der Waals surface area contributed by atoms with Crippen LogP contribution in [0.25, 0.3) is 10.2 Å². The van der Waals surface area contributed by atoms with E-state index < -0.39 is 0 Å². The van der Waals surface area contributed by atoms with E-state index in [1.807, 2.05) is 39.0 Å². The van der Waals surface area contributed by atoms with Crippen LogP contribution in [0.5, 0.6) is 5.75 Å². The molecule has 1 aliphatic heterocycles. The quantitative estimate of drug-likeness (QED) is 0.683. The van der Waals surface area contributed by atoms with Gasteiger partial charge in [0.1, 0.15) is 15.5 Å². The lowest BCUT2D eigenvalue weighted by molar-refractivity contribution is 0.0968. The molecule has 0 saturated carbocycles. The molecule has 0 unspecified atom stereocenters. The minimum Gasteiger partial charge on any atom is -0.491 e. The van der Waals surface area contributed by atoms with Gasteiger partial charge in [-0.1, -0.05) is 0 Å². The van der Waals surface area contributed by atoms with E-state index in [0.29, 0.717) is 21.1 Å². The molecule has 3 aromatic rings. The third-order valence-electron chi connectivity index (χ3n) is 4.46. The summed E-state index contributed by atoms with van der Waals surface area (Å²) in [7, 11) is 1.56. The number of pyridine rings is 1. The summed E-state index contributed by atoms with van der Waals surface area (Å²) in [6, 6.07) is 7.12. The lowest BCUT2D eigenvalue weighted by Gasteiger charge is -2.29. The molecule has 3 amide bonds. The second kappa shape index (κ2) is 6.79. The lowest BCUT2D eigenvalue weighted by atomic mass is 10.1. The summed E-state index contributed by atoms with van der Waals surface area (Å²) >= 11 is 1.26. The monoisotopic (exact) mass is 396 g/mol. The molecule has 7 nitrogen and oxygen atoms in total. The number of nitrogens with zero attached hydrogens (tertiary/aromatic N) is 2. The maximum absolute atomic E-state index is 13.0. The molecule has 0 spiro atoms. The fourth-order valence-corrected chi connectivity index (χ4v) is 4.39. The Morgan fingerprint density at radius 2 is 2.07 bits per heavy atom. The van der Waals surface area contributed by atoms with Gasteiger partial charge in [0.15, 0.2) is 0 Å². The molecule has 0 saturated heterocycles. The molecule has 4 rings (SSSR count). The Morgan fingerprint density at radius 3 is 2.75 bits per heavy atom. The first-order chi connectivity index (χ1) is 13.4. The van der Waals surface area contributed by atoms with Gasteiger partial charge < -0.3 is 15.4 Å². The molecule has 1 aromatic carbocycles. The third-order valence-corrected chi connectivity index (χ3v) is 5.56. The zero-order valence-corrected chi connectivity index (χ0v) is 16.8. The second-order valence-corrected chi connectivity index (χ2v) is 7.78. The van der Waals surface area contributed by atoms with E-state index in [9.17, 15) is 9.59 Å². The second-order valence-electron chi connectivity index (χ2n) is 6.78. The van der Waals surface area contributed by atoms with Crippen LogP contribution in [0.1, 0.15) is 29.1 Å². The lowest BCUT2D eigenvalue weighted by Crippen LogP contribution is -2.35. The van der Waals surface area contributed by atoms with Crippen LogP contribution in [0.2, 0.25) is 0 Å². The normalized spacial score (nSPS) is 13.0. The Labute approximate surface area is 166 Å². The number of thiophene rings is 1. The number of benzene rings is 1. The van der Waals surface area contributed by atoms with Crippen LogP contribution < -0.4 is 20.3 Å². The number of carbonyl (C=O) groups excluding carboxylic acids is 2. The Balaban J connectivity index is 1.86. The van der Waals surface area contributed by atoms with Crippen LogP contribution in [0.3, 0.4) is 0 Å². The molecule has 0 radical (unpaired) electrons. The minimum atomic E-state index is -0.316. The fraction of sp³-hybridized carbons (Fsp3) is 0.250. The summed E-state index contributed by atoms with van der Waals surface area (Å²) < 4.78 is 5.75. The first kappa shape index (κ1) is 18.2. The van der Waals surface area contributed by atoms with Crippen LogP contribution in [0, 0.1) is 6.92 Å². The van der Waals surface area contributed by atoms with Gasteiger partial charge in [0.2, 0.25) is 0 Å². The number of anilines is 3. The van der Waals surface area contributed by atoms with Gasteiger partial charge in [0.25, 0.3) is 5.91 Å². The number of aromatic nitrogens is 1. The number of ether oxygens (including phenoxy) is 1. The van der Waals surface area contributed by atoms with Crippen molar-refractivity contribution in [1.29, 1.82) is 0 Å². The fourth-order valence-electron chi connectivity index (χ4n) is 3.32. The molecule has 0 aliphatic carbocycles. The summed E-state index contributed by atoms with van der Waals surface area (Å²) in [4.78, 5) is 32.4. The Morgan fingerprint density at radius 1 is 1.29 bits per heavy atom. The van der Waals surface area contributed by atoms with Gasteiger partial charge in [-0.25, -0.2) is 9.78 Å². The van der Waals surface area contributed by atoms with E-state index >= 15 is 0 Å². The van der Waals surface area contributed by atoms with Crippen LogP contribution in [0.4, 0.5) is 21.9 Å². The van der Waals surface area contributed by atoms with Crippen molar-refractivity contribution in [3.8, 4) is 5.75 Å². The largest absolute Gasteiger partial charge is 0.491 e. The van der Waals surface area contributed by atoms with Gasteiger partial charge in [0, 0.05) is 13.2 Å². The molecule has 8 heteroatoms. The molecular weight excluding hydrogens is 376 g/mol. The number of aryl methyl sites for hydroxylation is 1. The van der Waals surface area contributed by atoms with Crippen molar-refractivity contribution in [2.24, 2.45) is 0 Å². The number of hydrogen-bond acceptors (Lipinski definition) is 5. The van der Waals surface area contributed by atoms with Crippen LogP contribution in [-0.4, -0.2) is 30.1 Å². The van der Waals surface area contributed by atoms with Gasteiger partial charge in [-0.3, -0.25) is 9.69 Å². The molecule has 28 heavy (non-hydrogen) atoms. The van der Waals surface area contributed by atoms with E-state index in [2.05, 4.69) is 15.6 Å². The molecule has 3 heterocycles. The molecule has 1 aliphatic rings. The minimum absolute atomic E-state index is 0.0693. The molecule has 2 N–H and O–H groups in total. The van der Waals surface area contributed by atoms with Crippen LogP contribution >= 0.6 is 11.3 Å². The van der Waals surface area contributed by atoms with Crippen molar-refractivity contribution in [3.63, 3.8) is 0 Å². The average molecular weight is 396 g/mol. The molecule has 0 fully saturated rings. The van der Waals surface area contributed by atoms with Crippen molar-refractivity contribution in [3.05, 3.63) is 40.9 Å². The zero-order chi connectivity index (χ0) is 20.0. The van der Waals surface area contributed by atoms with Crippen molar-refractivity contribution in [1.82, 2.24) is 10.3 Å². The maximum Gasteiger partial charge on any atom is 0.331 e. The number of amides is 3. The zero-order valence-electron chi connectivity index (χ0n) is 16.0. The summed E-state index contributed by atoms with van der Waals surface area (Å²) in [5.41, 5.74) is 2.87. The van der Waals surface area contributed by atoms with E-state index in [1.54, 1.807) is 24.2 Å². The SMILES string of the molecule is CNC(=O)c1sc2nccc3c2c1NC(=O)N3c1ccc(OC(C)C)cc1C. The molecule has 0 bridgehead atoms. The molecule has 0 atom stereocenters. The van der Waals surface area contributed by atoms with E-state index in [0.717, 1.165) is 22.4 Å². The highest BCUT2D eigenvalue weighted by Crippen LogP contribution is 2.46. The Kier molecular flexibility index (Phi) is 4.43. The number of urea groups is 1. The number of hydrogen-bond donors (Lipinski definition) is 2. The van der Waals surface area contributed by atoms with E-state index in [-0.39, 0.29) is 18.0 Å².